The van der Waals surface area contributed by atoms with Gasteiger partial charge in [0.2, 0.25) is 0 Å². The van der Waals surface area contributed by atoms with Gasteiger partial charge in [0.1, 0.15) is 0 Å². The predicted octanol–water partition coefficient (Wildman–Crippen LogP) is 2.11. The molecule has 2 rings (SSSR count). The van der Waals surface area contributed by atoms with E-state index in [1.807, 2.05) is 12.1 Å². The molecule has 0 unspecified atom stereocenters. The van der Waals surface area contributed by atoms with Crippen LogP contribution in [0.1, 0.15) is 0 Å². The monoisotopic (exact) mass is 290 g/mol. The Bertz CT molecular complexity index is 567. The second-order valence-electron chi connectivity index (χ2n) is 4.07. The maximum Gasteiger partial charge on any atom is 0.332 e. The minimum absolute atomic E-state index is 0.350. The first kappa shape index (κ1) is 14.5. The van der Waals surface area contributed by atoms with E-state index in [4.69, 9.17) is 4.52 Å². The van der Waals surface area contributed by atoms with Gasteiger partial charge in [-0.15, -0.1) is 0 Å². The van der Waals surface area contributed by atoms with Gasteiger partial charge in [-0.2, -0.15) is 0 Å². The molecule has 0 aliphatic carbocycles. The fourth-order valence-corrected chi connectivity index (χ4v) is 3.76. The minimum atomic E-state index is -3.29. The van der Waals surface area contributed by atoms with Crippen LogP contribution in [0, 0.1) is 0 Å². The summed E-state index contributed by atoms with van der Waals surface area (Å²) in [5, 5.41) is 1.10. The van der Waals surface area contributed by atoms with Crippen molar-refractivity contribution in [3.8, 4) is 0 Å². The normalized spacial score (nSPS) is 11.1. The molecule has 0 atom stereocenters. The van der Waals surface area contributed by atoms with Gasteiger partial charge in [0, 0.05) is 10.6 Å². The average Bonchev–Trinajstić information content (AvgIpc) is 2.54. The Balaban J connectivity index is 2.39. The van der Waals surface area contributed by atoms with E-state index in [0.717, 1.165) is 0 Å². The van der Waals surface area contributed by atoms with Crippen molar-refractivity contribution in [2.24, 2.45) is 0 Å². The molecule has 0 saturated heterocycles. The fraction of sp³-hybridized carbons (Fsp3) is 0.133. The van der Waals surface area contributed by atoms with Crippen molar-refractivity contribution in [1.82, 2.24) is 0 Å². The lowest BCUT2D eigenvalue weighted by Gasteiger charge is -2.18. The van der Waals surface area contributed by atoms with Crippen molar-refractivity contribution in [2.75, 3.05) is 13.7 Å². The van der Waals surface area contributed by atoms with Crippen LogP contribution in [-0.4, -0.2) is 19.7 Å². The van der Waals surface area contributed by atoms with E-state index in [1.54, 1.807) is 48.5 Å². The second-order valence-corrected chi connectivity index (χ2v) is 6.47. The van der Waals surface area contributed by atoms with Crippen LogP contribution in [0.5, 0.6) is 0 Å². The first-order valence-corrected chi connectivity index (χ1v) is 7.72. The molecule has 0 radical (unpaired) electrons. The summed E-state index contributed by atoms with van der Waals surface area (Å²) in [6.07, 6.45) is 0. The molecule has 2 aromatic carbocycles. The van der Waals surface area contributed by atoms with E-state index in [-0.39, 0.29) is 6.61 Å². The SMILES string of the molecule is COC(=O)COP(=O)(c1ccccc1)c1ccccc1. The molecule has 0 bridgehead atoms. The topological polar surface area (TPSA) is 52.6 Å². The molecule has 5 heteroatoms. The summed E-state index contributed by atoms with van der Waals surface area (Å²) in [5.41, 5.74) is 0. The van der Waals surface area contributed by atoms with E-state index in [1.165, 1.54) is 7.11 Å². The Morgan fingerprint density at radius 1 is 0.950 bits per heavy atom. The van der Waals surface area contributed by atoms with Gasteiger partial charge in [-0.1, -0.05) is 36.4 Å². The molecule has 0 aliphatic rings. The molecule has 0 heterocycles. The standard InChI is InChI=1S/C15H15O4P/c1-18-15(16)12-19-20(17,13-8-4-2-5-9-13)14-10-6-3-7-11-14/h2-11H,12H2,1H3. The van der Waals surface area contributed by atoms with Crippen molar-refractivity contribution in [1.29, 1.82) is 0 Å². The van der Waals surface area contributed by atoms with Gasteiger partial charge in [-0.05, 0) is 24.3 Å². The molecule has 4 nitrogen and oxygen atoms in total. The van der Waals surface area contributed by atoms with Gasteiger partial charge in [0.25, 0.3) is 7.37 Å². The Kier molecular flexibility index (Phi) is 4.72. The zero-order valence-electron chi connectivity index (χ0n) is 11.1. The van der Waals surface area contributed by atoms with Gasteiger partial charge in [-0.3, -0.25) is 4.57 Å². The predicted molar refractivity (Wildman–Crippen MR) is 77.7 cm³/mol. The first-order chi connectivity index (χ1) is 9.66. The number of ether oxygens (including phenoxy) is 1. The quantitative estimate of drug-likeness (QED) is 0.625. The second kappa shape index (κ2) is 6.51. The Labute approximate surface area is 117 Å². The van der Waals surface area contributed by atoms with Crippen LogP contribution < -0.4 is 10.6 Å². The number of carbonyl (C=O) groups excluding carboxylic acids is 1. The van der Waals surface area contributed by atoms with Gasteiger partial charge in [0.15, 0.2) is 6.61 Å². The lowest BCUT2D eigenvalue weighted by Crippen LogP contribution is -2.21. The molecule has 0 saturated carbocycles. The van der Waals surface area contributed by atoms with Crippen molar-refractivity contribution >= 4 is 23.9 Å². The van der Waals surface area contributed by atoms with E-state index in [2.05, 4.69) is 4.74 Å². The third kappa shape index (κ3) is 3.16. The number of hydrogen-bond acceptors (Lipinski definition) is 4. The lowest BCUT2D eigenvalue weighted by atomic mass is 10.4. The van der Waals surface area contributed by atoms with Gasteiger partial charge in [-0.25, -0.2) is 4.79 Å². The average molecular weight is 290 g/mol. The number of benzene rings is 2. The molecule has 20 heavy (non-hydrogen) atoms. The maximum absolute atomic E-state index is 13.2. The molecular weight excluding hydrogens is 275 g/mol. The van der Waals surface area contributed by atoms with Crippen LogP contribution in [0.15, 0.2) is 60.7 Å². The molecular formula is C15H15O4P. The molecule has 0 N–H and O–H groups in total. The van der Waals surface area contributed by atoms with E-state index in [9.17, 15) is 9.36 Å². The van der Waals surface area contributed by atoms with E-state index >= 15 is 0 Å². The molecule has 104 valence electrons. The van der Waals surface area contributed by atoms with Crippen LogP contribution in [0.3, 0.4) is 0 Å². The number of methoxy groups -OCH3 is 1. The Morgan fingerprint density at radius 2 is 1.40 bits per heavy atom. The third-order valence-electron chi connectivity index (χ3n) is 2.78. The van der Waals surface area contributed by atoms with Crippen molar-refractivity contribution in [2.45, 2.75) is 0 Å². The summed E-state index contributed by atoms with van der Waals surface area (Å²) >= 11 is 0. The van der Waals surface area contributed by atoms with Crippen LogP contribution in [0.25, 0.3) is 0 Å². The highest BCUT2D eigenvalue weighted by Crippen LogP contribution is 2.44. The minimum Gasteiger partial charge on any atom is -0.467 e. The smallest absolute Gasteiger partial charge is 0.332 e. The summed E-state index contributed by atoms with van der Waals surface area (Å²) in [6, 6.07) is 17.7. The number of esters is 1. The largest absolute Gasteiger partial charge is 0.467 e. The molecule has 0 amide bonds. The van der Waals surface area contributed by atoms with Crippen LogP contribution in [0.4, 0.5) is 0 Å². The summed E-state index contributed by atoms with van der Waals surface area (Å²) in [7, 11) is -2.03. The highest BCUT2D eigenvalue weighted by molar-refractivity contribution is 7.74. The van der Waals surface area contributed by atoms with Crippen LogP contribution in [-0.2, 0) is 18.6 Å². The van der Waals surface area contributed by atoms with Crippen LogP contribution in [0.2, 0.25) is 0 Å². The molecule has 0 spiro atoms. The summed E-state index contributed by atoms with van der Waals surface area (Å²) < 4.78 is 23.2. The Morgan fingerprint density at radius 3 is 1.80 bits per heavy atom. The lowest BCUT2D eigenvalue weighted by molar-refractivity contribution is -0.142. The highest BCUT2D eigenvalue weighted by atomic mass is 31.2. The summed E-state index contributed by atoms with van der Waals surface area (Å²) in [4.78, 5) is 11.3. The number of rotatable bonds is 5. The number of hydrogen-bond donors (Lipinski definition) is 0. The van der Waals surface area contributed by atoms with Crippen molar-refractivity contribution in [3.63, 3.8) is 0 Å². The summed E-state index contributed by atoms with van der Waals surface area (Å²) in [5.74, 6) is -0.558. The van der Waals surface area contributed by atoms with Gasteiger partial charge < -0.3 is 9.26 Å². The Hall–Kier alpha value is -1.90. The highest BCUT2D eigenvalue weighted by Gasteiger charge is 2.29. The first-order valence-electron chi connectivity index (χ1n) is 6.09. The van der Waals surface area contributed by atoms with E-state index < -0.39 is 13.3 Å². The zero-order valence-corrected chi connectivity index (χ0v) is 12.0. The van der Waals surface area contributed by atoms with Crippen molar-refractivity contribution in [3.05, 3.63) is 60.7 Å². The molecule has 0 fully saturated rings. The van der Waals surface area contributed by atoms with Crippen molar-refractivity contribution < 1.29 is 18.6 Å². The van der Waals surface area contributed by atoms with Gasteiger partial charge >= 0.3 is 5.97 Å². The van der Waals surface area contributed by atoms with Gasteiger partial charge in [0.05, 0.1) is 7.11 Å². The summed E-state index contributed by atoms with van der Waals surface area (Å²) in [6.45, 7) is -0.350. The van der Waals surface area contributed by atoms with E-state index in [0.29, 0.717) is 10.6 Å². The fourth-order valence-electron chi connectivity index (χ4n) is 1.75. The molecule has 0 aliphatic heterocycles. The zero-order chi connectivity index (χ0) is 14.4. The molecule has 2 aromatic rings. The van der Waals surface area contributed by atoms with Crippen LogP contribution >= 0.6 is 7.37 Å². The number of carbonyl (C=O) groups is 1. The maximum atomic E-state index is 13.2. The molecule has 0 aromatic heterocycles. The third-order valence-corrected chi connectivity index (χ3v) is 5.23.